The molecule has 1 aromatic rings. The van der Waals surface area contributed by atoms with E-state index in [0.717, 1.165) is 18.5 Å². The van der Waals surface area contributed by atoms with Crippen LogP contribution in [0.3, 0.4) is 0 Å². The highest BCUT2D eigenvalue weighted by molar-refractivity contribution is 5.47. The molecule has 0 N–H and O–H groups in total. The average molecular weight is 150 g/mol. The Bertz CT molecular complexity index is 248. The molecule has 0 bridgehead atoms. The minimum Gasteiger partial charge on any atom is -0.269 e. The van der Waals surface area contributed by atoms with E-state index in [1.54, 1.807) is 0 Å². The van der Waals surface area contributed by atoms with Crippen molar-refractivity contribution in [3.8, 4) is 0 Å². The summed E-state index contributed by atoms with van der Waals surface area (Å²) < 4.78 is 2.01. The van der Waals surface area contributed by atoms with Crippen LogP contribution >= 0.6 is 0 Å². The number of aromatic nitrogens is 2. The summed E-state index contributed by atoms with van der Waals surface area (Å²) in [5, 5.41) is 4.22. The summed E-state index contributed by atoms with van der Waals surface area (Å²) in [4.78, 5) is 0. The topological polar surface area (TPSA) is 17.8 Å². The van der Waals surface area contributed by atoms with Gasteiger partial charge < -0.3 is 0 Å². The number of nitrogens with zero attached hydrogens (tertiary/aromatic N) is 2. The first-order valence-corrected chi connectivity index (χ1v) is 3.94. The van der Waals surface area contributed by atoms with E-state index >= 15 is 0 Å². The molecule has 0 atom stereocenters. The minimum absolute atomic E-state index is 1.000. The van der Waals surface area contributed by atoms with Gasteiger partial charge in [-0.2, -0.15) is 5.10 Å². The van der Waals surface area contributed by atoms with Crippen molar-refractivity contribution in [1.82, 2.24) is 9.78 Å². The Balaban J connectivity index is 2.90. The van der Waals surface area contributed by atoms with Crippen LogP contribution in [-0.4, -0.2) is 9.78 Å². The van der Waals surface area contributed by atoms with Gasteiger partial charge in [0, 0.05) is 17.8 Å². The molecular weight excluding hydrogens is 136 g/mol. The monoisotopic (exact) mass is 150 g/mol. The van der Waals surface area contributed by atoms with Crippen molar-refractivity contribution in [2.75, 3.05) is 0 Å². The molecular formula is C9H14N2. The summed E-state index contributed by atoms with van der Waals surface area (Å²) in [5.74, 6) is 0. The first-order valence-electron chi connectivity index (χ1n) is 3.94. The number of aryl methyl sites for hydroxylation is 1. The largest absolute Gasteiger partial charge is 0.269 e. The lowest BCUT2D eigenvalue weighted by atomic mass is 10.2. The van der Waals surface area contributed by atoms with Crippen molar-refractivity contribution in [1.29, 1.82) is 0 Å². The van der Waals surface area contributed by atoms with E-state index in [1.165, 1.54) is 5.69 Å². The maximum Gasteiger partial charge on any atom is 0.0564 e. The molecule has 2 heteroatoms. The van der Waals surface area contributed by atoms with Crippen LogP contribution in [-0.2, 0) is 6.54 Å². The Hall–Kier alpha value is -1.05. The van der Waals surface area contributed by atoms with Crippen molar-refractivity contribution in [2.45, 2.75) is 26.8 Å². The molecule has 0 aliphatic rings. The van der Waals surface area contributed by atoms with E-state index in [0.29, 0.717) is 0 Å². The molecule has 11 heavy (non-hydrogen) atoms. The summed E-state index contributed by atoms with van der Waals surface area (Å²) in [5.41, 5.74) is 2.35. The third-order valence-electron chi connectivity index (χ3n) is 1.80. The number of hydrogen-bond donors (Lipinski definition) is 0. The van der Waals surface area contributed by atoms with Gasteiger partial charge in [-0.3, -0.25) is 4.68 Å². The molecule has 0 saturated carbocycles. The third-order valence-corrected chi connectivity index (χ3v) is 1.80. The highest BCUT2D eigenvalue weighted by atomic mass is 15.3. The Morgan fingerprint density at radius 3 is 2.91 bits per heavy atom. The van der Waals surface area contributed by atoms with Gasteiger partial charge in [0.25, 0.3) is 0 Å². The Kier molecular flexibility index (Phi) is 2.47. The van der Waals surface area contributed by atoms with Crippen molar-refractivity contribution in [2.24, 2.45) is 0 Å². The maximum absolute atomic E-state index is 4.22. The zero-order chi connectivity index (χ0) is 8.27. The van der Waals surface area contributed by atoms with E-state index in [-0.39, 0.29) is 0 Å². The highest BCUT2D eigenvalue weighted by Crippen LogP contribution is 2.08. The van der Waals surface area contributed by atoms with Gasteiger partial charge in [-0.25, -0.2) is 0 Å². The SMILES string of the molecule is C=Cc1cnn(CCC)c1C. The molecule has 2 nitrogen and oxygen atoms in total. The summed E-state index contributed by atoms with van der Waals surface area (Å²) in [6, 6.07) is 0. The van der Waals surface area contributed by atoms with E-state index in [4.69, 9.17) is 0 Å². The minimum atomic E-state index is 1.000. The fraction of sp³-hybridized carbons (Fsp3) is 0.444. The number of hydrogen-bond acceptors (Lipinski definition) is 1. The van der Waals surface area contributed by atoms with Crippen LogP contribution in [0.1, 0.15) is 24.6 Å². The van der Waals surface area contributed by atoms with Crippen LogP contribution < -0.4 is 0 Å². The van der Waals surface area contributed by atoms with Gasteiger partial charge in [0.2, 0.25) is 0 Å². The summed E-state index contributed by atoms with van der Waals surface area (Å²) in [6.45, 7) is 8.93. The fourth-order valence-corrected chi connectivity index (χ4v) is 1.10. The molecule has 0 fully saturated rings. The van der Waals surface area contributed by atoms with Crippen LogP contribution in [0.25, 0.3) is 6.08 Å². The zero-order valence-corrected chi connectivity index (χ0v) is 7.17. The van der Waals surface area contributed by atoms with Crippen LogP contribution in [0, 0.1) is 6.92 Å². The van der Waals surface area contributed by atoms with E-state index in [1.807, 2.05) is 17.0 Å². The van der Waals surface area contributed by atoms with Crippen molar-refractivity contribution >= 4 is 6.08 Å². The van der Waals surface area contributed by atoms with E-state index < -0.39 is 0 Å². The second kappa shape index (κ2) is 3.37. The van der Waals surface area contributed by atoms with Gasteiger partial charge in [-0.1, -0.05) is 19.6 Å². The number of rotatable bonds is 3. The van der Waals surface area contributed by atoms with Gasteiger partial charge in [0.1, 0.15) is 0 Å². The molecule has 0 aliphatic carbocycles. The molecule has 0 aliphatic heterocycles. The standard InChI is InChI=1S/C9H14N2/c1-4-6-11-8(3)9(5-2)7-10-11/h5,7H,2,4,6H2,1,3H3. The van der Waals surface area contributed by atoms with Gasteiger partial charge in [-0.15, -0.1) is 0 Å². The molecule has 0 radical (unpaired) electrons. The lowest BCUT2D eigenvalue weighted by Crippen LogP contribution is -2.00. The quantitative estimate of drug-likeness (QED) is 0.646. The predicted molar refractivity (Wildman–Crippen MR) is 47.3 cm³/mol. The smallest absolute Gasteiger partial charge is 0.0564 e. The Labute approximate surface area is 67.5 Å². The van der Waals surface area contributed by atoms with Crippen LogP contribution in [0.2, 0.25) is 0 Å². The molecule has 0 saturated heterocycles. The Morgan fingerprint density at radius 2 is 2.45 bits per heavy atom. The summed E-state index contributed by atoms with van der Waals surface area (Å²) >= 11 is 0. The lowest BCUT2D eigenvalue weighted by molar-refractivity contribution is 0.587. The second-order valence-corrected chi connectivity index (χ2v) is 2.61. The molecule has 0 spiro atoms. The molecule has 60 valence electrons. The zero-order valence-electron chi connectivity index (χ0n) is 7.17. The van der Waals surface area contributed by atoms with Crippen molar-refractivity contribution in [3.05, 3.63) is 24.0 Å². The molecule has 1 aromatic heterocycles. The summed E-state index contributed by atoms with van der Waals surface area (Å²) in [7, 11) is 0. The molecule has 1 rings (SSSR count). The van der Waals surface area contributed by atoms with Crippen molar-refractivity contribution < 1.29 is 0 Å². The molecule has 1 heterocycles. The first-order chi connectivity index (χ1) is 5.29. The predicted octanol–water partition coefficient (Wildman–Crippen LogP) is 2.24. The van der Waals surface area contributed by atoms with Crippen LogP contribution in [0.4, 0.5) is 0 Å². The molecule has 0 unspecified atom stereocenters. The Morgan fingerprint density at radius 1 is 1.73 bits per heavy atom. The van der Waals surface area contributed by atoms with Gasteiger partial charge >= 0.3 is 0 Å². The van der Waals surface area contributed by atoms with Gasteiger partial charge in [0.15, 0.2) is 0 Å². The van der Waals surface area contributed by atoms with E-state index in [2.05, 4.69) is 25.5 Å². The maximum atomic E-state index is 4.22. The van der Waals surface area contributed by atoms with E-state index in [9.17, 15) is 0 Å². The van der Waals surface area contributed by atoms with Gasteiger partial charge in [-0.05, 0) is 13.3 Å². The third kappa shape index (κ3) is 1.50. The normalized spacial score (nSPS) is 10.0. The first kappa shape index (κ1) is 8.05. The molecule has 0 amide bonds. The van der Waals surface area contributed by atoms with Crippen LogP contribution in [0.15, 0.2) is 12.8 Å². The average Bonchev–Trinajstić information content (AvgIpc) is 2.34. The summed E-state index contributed by atoms with van der Waals surface area (Å²) in [6.07, 6.45) is 4.82. The highest BCUT2D eigenvalue weighted by Gasteiger charge is 2.00. The fourth-order valence-electron chi connectivity index (χ4n) is 1.10. The molecule has 0 aromatic carbocycles. The van der Waals surface area contributed by atoms with Gasteiger partial charge in [0.05, 0.1) is 6.20 Å². The van der Waals surface area contributed by atoms with Crippen molar-refractivity contribution in [3.63, 3.8) is 0 Å². The second-order valence-electron chi connectivity index (χ2n) is 2.61. The van der Waals surface area contributed by atoms with Crippen LogP contribution in [0.5, 0.6) is 0 Å². The lowest BCUT2D eigenvalue weighted by Gasteiger charge is -2.00.